The topological polar surface area (TPSA) is 114 Å². The molecule has 31 heavy (non-hydrogen) atoms. The minimum Gasteiger partial charge on any atom is -0.463 e. The van der Waals surface area contributed by atoms with Crippen LogP contribution in [0.5, 0.6) is 0 Å². The fourth-order valence-electron chi connectivity index (χ4n) is 3.65. The molecule has 0 bridgehead atoms. The number of ether oxygens (including phenoxy) is 2. The number of aryl methyl sites for hydroxylation is 1. The van der Waals surface area contributed by atoms with Crippen molar-refractivity contribution in [2.45, 2.75) is 39.8 Å². The molecule has 2 heterocycles. The Balaban J connectivity index is 1.62. The zero-order valence-corrected chi connectivity index (χ0v) is 17.9. The highest BCUT2D eigenvalue weighted by atomic mass is 16.5. The van der Waals surface area contributed by atoms with Crippen LogP contribution in [0.3, 0.4) is 0 Å². The number of carbonyl (C=O) groups is 4. The first-order chi connectivity index (χ1) is 14.8. The van der Waals surface area contributed by atoms with E-state index in [4.69, 9.17) is 9.47 Å². The molecule has 9 heteroatoms. The first kappa shape index (κ1) is 22.3. The highest BCUT2D eigenvalue weighted by Gasteiger charge is 2.36. The summed E-state index contributed by atoms with van der Waals surface area (Å²) in [5, 5.41) is 5.09. The van der Waals surface area contributed by atoms with Gasteiger partial charge in [-0.3, -0.25) is 9.59 Å². The maximum absolute atomic E-state index is 12.6. The van der Waals surface area contributed by atoms with E-state index in [2.05, 4.69) is 10.6 Å². The maximum atomic E-state index is 12.6. The molecule has 0 radical (unpaired) electrons. The van der Waals surface area contributed by atoms with Gasteiger partial charge in [0, 0.05) is 19.5 Å². The Morgan fingerprint density at radius 3 is 2.55 bits per heavy atom. The average Bonchev–Trinajstić information content (AvgIpc) is 3.08. The smallest absolute Gasteiger partial charge is 0.338 e. The molecule has 0 aliphatic carbocycles. The molecular formula is C22H27N3O6. The highest BCUT2D eigenvalue weighted by Crippen LogP contribution is 2.22. The molecule has 0 aromatic heterocycles. The molecule has 1 fully saturated rings. The molecule has 0 saturated carbocycles. The fourth-order valence-corrected chi connectivity index (χ4v) is 3.65. The van der Waals surface area contributed by atoms with Crippen molar-refractivity contribution in [3.63, 3.8) is 0 Å². The van der Waals surface area contributed by atoms with Gasteiger partial charge >= 0.3 is 18.0 Å². The third-order valence-corrected chi connectivity index (χ3v) is 5.27. The van der Waals surface area contributed by atoms with Crippen molar-refractivity contribution in [1.29, 1.82) is 0 Å². The van der Waals surface area contributed by atoms with E-state index in [1.165, 1.54) is 0 Å². The fraction of sp³-hybridized carbons (Fsp3) is 0.455. The summed E-state index contributed by atoms with van der Waals surface area (Å²) in [5.41, 5.74) is 2.51. The first-order valence-electron chi connectivity index (χ1n) is 10.3. The van der Waals surface area contributed by atoms with Gasteiger partial charge in [-0.05, 0) is 26.3 Å². The summed E-state index contributed by atoms with van der Waals surface area (Å²) >= 11 is 0. The summed E-state index contributed by atoms with van der Waals surface area (Å²) in [6, 6.07) is 6.79. The van der Waals surface area contributed by atoms with Gasteiger partial charge in [-0.15, -0.1) is 0 Å². The Labute approximate surface area is 180 Å². The van der Waals surface area contributed by atoms with E-state index in [-0.39, 0.29) is 43.4 Å². The number of nitrogens with zero attached hydrogens (tertiary/aromatic N) is 1. The number of hydrogen-bond donors (Lipinski definition) is 2. The highest BCUT2D eigenvalue weighted by molar-refractivity contribution is 5.95. The summed E-state index contributed by atoms with van der Waals surface area (Å²) in [7, 11) is 0. The van der Waals surface area contributed by atoms with Gasteiger partial charge < -0.3 is 25.0 Å². The van der Waals surface area contributed by atoms with Crippen molar-refractivity contribution in [1.82, 2.24) is 15.5 Å². The van der Waals surface area contributed by atoms with E-state index in [9.17, 15) is 19.2 Å². The van der Waals surface area contributed by atoms with Crippen molar-refractivity contribution < 1.29 is 28.7 Å². The second-order valence-electron chi connectivity index (χ2n) is 7.70. The second-order valence-corrected chi connectivity index (χ2v) is 7.70. The van der Waals surface area contributed by atoms with Crippen LogP contribution in [-0.4, -0.2) is 54.6 Å². The standard InChI is InChI=1S/C22H27N3O6/c1-4-30-21(28)19-14(3)23-22(29)24-17(19)12-31-20(27)16-9-18(26)25(11-16)10-15-7-5-13(2)6-8-15/h5-8,14,16H,4,9-12H2,1-3H3,(H2,23,24,29)/t14-,16-/m1/s1. The number of rotatable bonds is 7. The van der Waals surface area contributed by atoms with Crippen LogP contribution in [0.4, 0.5) is 4.79 Å². The molecule has 1 saturated heterocycles. The number of urea groups is 1. The number of nitrogens with one attached hydrogen (secondary N) is 2. The van der Waals surface area contributed by atoms with Gasteiger partial charge in [-0.1, -0.05) is 29.8 Å². The van der Waals surface area contributed by atoms with Crippen LogP contribution in [-0.2, 0) is 30.4 Å². The van der Waals surface area contributed by atoms with Crippen LogP contribution in [0.2, 0.25) is 0 Å². The molecule has 3 rings (SSSR count). The third-order valence-electron chi connectivity index (χ3n) is 5.27. The third kappa shape index (κ3) is 5.42. The van der Waals surface area contributed by atoms with Crippen molar-refractivity contribution in [2.75, 3.05) is 19.8 Å². The van der Waals surface area contributed by atoms with Crippen LogP contribution >= 0.6 is 0 Å². The molecule has 1 aromatic rings. The number of amides is 3. The molecule has 3 amide bonds. The molecule has 0 spiro atoms. The van der Waals surface area contributed by atoms with E-state index in [1.807, 2.05) is 31.2 Å². The monoisotopic (exact) mass is 429 g/mol. The van der Waals surface area contributed by atoms with Crippen molar-refractivity contribution in [2.24, 2.45) is 5.92 Å². The Bertz CT molecular complexity index is 908. The van der Waals surface area contributed by atoms with Gasteiger partial charge in [0.25, 0.3) is 0 Å². The Morgan fingerprint density at radius 2 is 1.87 bits per heavy atom. The van der Waals surface area contributed by atoms with Gasteiger partial charge in [0.2, 0.25) is 5.91 Å². The van der Waals surface area contributed by atoms with E-state index in [0.717, 1.165) is 11.1 Å². The Hall–Kier alpha value is -3.36. The Kier molecular flexibility index (Phi) is 6.94. The molecule has 1 aromatic carbocycles. The number of carbonyl (C=O) groups excluding carboxylic acids is 4. The molecule has 2 N–H and O–H groups in total. The van der Waals surface area contributed by atoms with Crippen LogP contribution in [0.25, 0.3) is 0 Å². The van der Waals surface area contributed by atoms with E-state index in [0.29, 0.717) is 6.54 Å². The molecular weight excluding hydrogens is 402 g/mol. The number of benzene rings is 1. The van der Waals surface area contributed by atoms with Crippen molar-refractivity contribution >= 4 is 23.9 Å². The summed E-state index contributed by atoms with van der Waals surface area (Å²) in [4.78, 5) is 50.6. The first-order valence-corrected chi connectivity index (χ1v) is 10.3. The van der Waals surface area contributed by atoms with E-state index in [1.54, 1.807) is 18.7 Å². The largest absolute Gasteiger partial charge is 0.463 e. The minimum atomic E-state index is -0.598. The van der Waals surface area contributed by atoms with Gasteiger partial charge in [0.15, 0.2) is 0 Å². The van der Waals surface area contributed by atoms with Crippen LogP contribution in [0, 0.1) is 12.8 Å². The lowest BCUT2D eigenvalue weighted by Crippen LogP contribution is -2.50. The van der Waals surface area contributed by atoms with Gasteiger partial charge in [-0.2, -0.15) is 0 Å². The summed E-state index contributed by atoms with van der Waals surface area (Å²) < 4.78 is 10.4. The quantitative estimate of drug-likeness (QED) is 0.634. The predicted octanol–water partition coefficient (Wildman–Crippen LogP) is 1.41. The van der Waals surface area contributed by atoms with Crippen molar-refractivity contribution in [3.05, 3.63) is 46.7 Å². The number of likely N-dealkylation sites (tertiary alicyclic amines) is 1. The molecule has 0 unspecified atom stereocenters. The van der Waals surface area contributed by atoms with Crippen molar-refractivity contribution in [3.8, 4) is 0 Å². The molecule has 166 valence electrons. The number of hydrogen-bond acceptors (Lipinski definition) is 6. The SMILES string of the molecule is CCOC(=O)C1=C(COC(=O)[C@@H]2CC(=O)N(Cc3ccc(C)cc3)C2)NC(=O)N[C@@H]1C. The Morgan fingerprint density at radius 1 is 1.16 bits per heavy atom. The lowest BCUT2D eigenvalue weighted by molar-refractivity contribution is -0.148. The van der Waals surface area contributed by atoms with Gasteiger partial charge in [0.05, 0.1) is 29.8 Å². The van der Waals surface area contributed by atoms with E-state index < -0.39 is 29.9 Å². The summed E-state index contributed by atoms with van der Waals surface area (Å²) in [6.07, 6.45) is 0.0682. The normalized spacial score (nSPS) is 20.9. The molecule has 2 atom stereocenters. The predicted molar refractivity (Wildman–Crippen MR) is 110 cm³/mol. The number of esters is 2. The minimum absolute atomic E-state index is 0.0682. The maximum Gasteiger partial charge on any atom is 0.338 e. The lowest BCUT2D eigenvalue weighted by Gasteiger charge is -2.26. The summed E-state index contributed by atoms with van der Waals surface area (Å²) in [6.45, 7) is 5.90. The second kappa shape index (κ2) is 9.63. The van der Waals surface area contributed by atoms with Gasteiger partial charge in [-0.25, -0.2) is 9.59 Å². The van der Waals surface area contributed by atoms with Crippen LogP contribution < -0.4 is 10.6 Å². The van der Waals surface area contributed by atoms with Gasteiger partial charge in [0.1, 0.15) is 6.61 Å². The lowest BCUT2D eigenvalue weighted by atomic mass is 10.0. The van der Waals surface area contributed by atoms with Crippen LogP contribution in [0.1, 0.15) is 31.4 Å². The zero-order valence-electron chi connectivity index (χ0n) is 17.9. The molecule has 9 nitrogen and oxygen atoms in total. The average molecular weight is 429 g/mol. The molecule has 2 aliphatic heterocycles. The molecule has 2 aliphatic rings. The van der Waals surface area contributed by atoms with E-state index >= 15 is 0 Å². The summed E-state index contributed by atoms with van der Waals surface area (Å²) in [5.74, 6) is -1.85. The van der Waals surface area contributed by atoms with Crippen LogP contribution in [0.15, 0.2) is 35.5 Å². The zero-order chi connectivity index (χ0) is 22.5.